The number of ketones is 1. The van der Waals surface area contributed by atoms with E-state index in [1.54, 1.807) is 0 Å². The molecule has 3 heteroatoms. The number of carbonyl (C=O) groups excluding carboxylic acids is 1. The number of hydrogen-bond donors (Lipinski definition) is 0. The lowest BCUT2D eigenvalue weighted by atomic mass is 9.79. The third kappa shape index (κ3) is 2.22. The van der Waals surface area contributed by atoms with Crippen LogP contribution in [-0.2, 0) is 9.63 Å². The van der Waals surface area contributed by atoms with Crippen molar-refractivity contribution in [3.8, 4) is 0 Å². The molecule has 0 bridgehead atoms. The van der Waals surface area contributed by atoms with Crippen molar-refractivity contribution in [2.75, 3.05) is 5.06 Å². The van der Waals surface area contributed by atoms with E-state index in [-0.39, 0.29) is 18.1 Å². The van der Waals surface area contributed by atoms with Crippen molar-refractivity contribution in [2.24, 2.45) is 5.92 Å². The van der Waals surface area contributed by atoms with Crippen molar-refractivity contribution in [3.05, 3.63) is 66.2 Å². The van der Waals surface area contributed by atoms with Crippen molar-refractivity contribution in [3.63, 3.8) is 0 Å². The molecule has 3 nitrogen and oxygen atoms in total. The first-order valence-corrected chi connectivity index (χ1v) is 7.93. The Balaban J connectivity index is 1.78. The molecule has 0 radical (unpaired) electrons. The van der Waals surface area contributed by atoms with E-state index in [1.165, 1.54) is 0 Å². The summed E-state index contributed by atoms with van der Waals surface area (Å²) in [5.74, 6) is 0.278. The molecule has 1 heterocycles. The number of fused-ring (bicyclic) bond motifs is 1. The monoisotopic (exact) mass is 293 g/mol. The van der Waals surface area contributed by atoms with Gasteiger partial charge in [0.1, 0.15) is 5.78 Å². The predicted octanol–water partition coefficient (Wildman–Crippen LogP) is 3.92. The summed E-state index contributed by atoms with van der Waals surface area (Å²) in [5, 5.41) is 1.95. The average molecular weight is 293 g/mol. The SMILES string of the molecule is O=C1CCC[C@H]2ON(c3ccccc3)[C@H](c3ccccc3)[C@H]12. The Morgan fingerprint density at radius 1 is 0.955 bits per heavy atom. The number of Topliss-reactive ketones (excluding diaryl/α,β-unsaturated/α-hetero) is 1. The van der Waals surface area contributed by atoms with Crippen LogP contribution in [0.5, 0.6) is 0 Å². The van der Waals surface area contributed by atoms with E-state index in [1.807, 2.05) is 53.6 Å². The molecule has 0 aromatic heterocycles. The van der Waals surface area contributed by atoms with Gasteiger partial charge in [-0.1, -0.05) is 48.5 Å². The van der Waals surface area contributed by atoms with Crippen LogP contribution in [0.1, 0.15) is 30.9 Å². The van der Waals surface area contributed by atoms with Crippen LogP contribution in [0.4, 0.5) is 5.69 Å². The first-order valence-electron chi connectivity index (χ1n) is 7.93. The number of hydroxylamine groups is 1. The molecule has 22 heavy (non-hydrogen) atoms. The van der Waals surface area contributed by atoms with E-state index < -0.39 is 0 Å². The second-order valence-corrected chi connectivity index (χ2v) is 6.05. The van der Waals surface area contributed by atoms with Gasteiger partial charge in [-0.05, 0) is 30.5 Å². The zero-order chi connectivity index (χ0) is 14.9. The van der Waals surface area contributed by atoms with Gasteiger partial charge in [-0.2, -0.15) is 0 Å². The topological polar surface area (TPSA) is 29.5 Å². The van der Waals surface area contributed by atoms with Crippen LogP contribution in [0.25, 0.3) is 0 Å². The van der Waals surface area contributed by atoms with Gasteiger partial charge >= 0.3 is 0 Å². The lowest BCUT2D eigenvalue weighted by Crippen LogP contribution is -2.32. The van der Waals surface area contributed by atoms with Crippen LogP contribution in [0.3, 0.4) is 0 Å². The maximum atomic E-state index is 12.5. The largest absolute Gasteiger partial charge is 0.299 e. The number of para-hydroxylation sites is 1. The highest BCUT2D eigenvalue weighted by atomic mass is 16.7. The van der Waals surface area contributed by atoms with Crippen molar-refractivity contribution in [1.29, 1.82) is 0 Å². The molecular weight excluding hydrogens is 274 g/mol. The smallest absolute Gasteiger partial charge is 0.141 e. The second kappa shape index (κ2) is 5.58. The van der Waals surface area contributed by atoms with E-state index in [0.717, 1.165) is 24.1 Å². The van der Waals surface area contributed by atoms with Crippen molar-refractivity contribution in [1.82, 2.24) is 0 Å². The highest BCUT2D eigenvalue weighted by molar-refractivity contribution is 5.84. The first-order chi connectivity index (χ1) is 10.8. The van der Waals surface area contributed by atoms with E-state index in [4.69, 9.17) is 4.84 Å². The van der Waals surface area contributed by atoms with Crippen LogP contribution < -0.4 is 5.06 Å². The summed E-state index contributed by atoms with van der Waals surface area (Å²) in [4.78, 5) is 18.7. The summed E-state index contributed by atoms with van der Waals surface area (Å²) in [5.41, 5.74) is 2.16. The lowest BCUT2D eigenvalue weighted by Gasteiger charge is -2.27. The minimum absolute atomic E-state index is 0.00617. The van der Waals surface area contributed by atoms with Gasteiger partial charge in [-0.25, -0.2) is 5.06 Å². The summed E-state index contributed by atoms with van der Waals surface area (Å²) >= 11 is 0. The molecule has 2 aromatic carbocycles. The van der Waals surface area contributed by atoms with E-state index in [0.29, 0.717) is 12.2 Å². The van der Waals surface area contributed by atoms with Gasteiger partial charge in [0.15, 0.2) is 0 Å². The van der Waals surface area contributed by atoms with Gasteiger partial charge in [0.25, 0.3) is 0 Å². The molecule has 3 atom stereocenters. The fourth-order valence-corrected chi connectivity index (χ4v) is 3.68. The summed E-state index contributed by atoms with van der Waals surface area (Å²) in [6.45, 7) is 0. The molecule has 2 aromatic rings. The van der Waals surface area contributed by atoms with Crippen molar-refractivity contribution < 1.29 is 9.63 Å². The maximum absolute atomic E-state index is 12.5. The molecule has 0 unspecified atom stereocenters. The number of nitrogens with zero attached hydrogens (tertiary/aromatic N) is 1. The number of carbonyl (C=O) groups is 1. The van der Waals surface area contributed by atoms with Crippen LogP contribution >= 0.6 is 0 Å². The maximum Gasteiger partial charge on any atom is 0.141 e. The molecule has 1 saturated carbocycles. The number of anilines is 1. The number of rotatable bonds is 2. The average Bonchev–Trinajstić information content (AvgIpc) is 2.97. The molecule has 0 amide bonds. The molecule has 0 spiro atoms. The minimum Gasteiger partial charge on any atom is -0.299 e. The zero-order valence-electron chi connectivity index (χ0n) is 12.4. The Bertz CT molecular complexity index is 656. The van der Waals surface area contributed by atoms with Crippen LogP contribution in [-0.4, -0.2) is 11.9 Å². The molecule has 112 valence electrons. The third-order valence-electron chi connectivity index (χ3n) is 4.68. The summed E-state index contributed by atoms with van der Waals surface area (Å²) in [7, 11) is 0. The predicted molar refractivity (Wildman–Crippen MR) is 85.3 cm³/mol. The molecular formula is C19H19NO2. The van der Waals surface area contributed by atoms with Crippen LogP contribution in [0.15, 0.2) is 60.7 Å². The lowest BCUT2D eigenvalue weighted by molar-refractivity contribution is -0.127. The molecule has 2 fully saturated rings. The highest BCUT2D eigenvalue weighted by Gasteiger charge is 2.49. The number of hydrogen-bond acceptors (Lipinski definition) is 3. The Hall–Kier alpha value is -2.13. The summed E-state index contributed by atoms with van der Waals surface area (Å²) in [6.07, 6.45) is 2.58. The van der Waals surface area contributed by atoms with Gasteiger partial charge in [0.2, 0.25) is 0 Å². The summed E-state index contributed by atoms with van der Waals surface area (Å²) < 4.78 is 0. The minimum atomic E-state index is -0.0589. The van der Waals surface area contributed by atoms with Gasteiger partial charge in [0, 0.05) is 6.42 Å². The molecule has 4 rings (SSSR count). The van der Waals surface area contributed by atoms with Crippen LogP contribution in [0.2, 0.25) is 0 Å². The highest BCUT2D eigenvalue weighted by Crippen LogP contribution is 2.46. The fourth-order valence-electron chi connectivity index (χ4n) is 3.68. The number of benzene rings is 2. The normalized spacial score (nSPS) is 27.7. The Kier molecular flexibility index (Phi) is 3.43. The standard InChI is InChI=1S/C19H19NO2/c21-16-12-7-13-17-18(16)19(14-8-3-1-4-9-14)20(22-17)15-10-5-2-6-11-15/h1-6,8-11,17-19H,7,12-13H2/t17-,18-,19-/m1/s1. The van der Waals surface area contributed by atoms with Crippen LogP contribution in [0, 0.1) is 5.92 Å². The second-order valence-electron chi connectivity index (χ2n) is 6.05. The quantitative estimate of drug-likeness (QED) is 0.840. The molecule has 1 aliphatic heterocycles. The Labute approximate surface area is 130 Å². The molecule has 1 aliphatic carbocycles. The first kappa shape index (κ1) is 13.5. The van der Waals surface area contributed by atoms with Crippen molar-refractivity contribution in [2.45, 2.75) is 31.4 Å². The molecule has 2 aliphatic rings. The van der Waals surface area contributed by atoms with Crippen molar-refractivity contribution >= 4 is 11.5 Å². The van der Waals surface area contributed by atoms with E-state index >= 15 is 0 Å². The van der Waals surface area contributed by atoms with Gasteiger partial charge in [0.05, 0.1) is 23.8 Å². The fraction of sp³-hybridized carbons (Fsp3) is 0.316. The van der Waals surface area contributed by atoms with Gasteiger partial charge < -0.3 is 0 Å². The molecule has 1 saturated heterocycles. The van der Waals surface area contributed by atoms with E-state index in [2.05, 4.69) is 12.1 Å². The third-order valence-corrected chi connectivity index (χ3v) is 4.68. The zero-order valence-corrected chi connectivity index (χ0v) is 12.4. The molecule has 0 N–H and O–H groups in total. The van der Waals surface area contributed by atoms with E-state index in [9.17, 15) is 4.79 Å². The Morgan fingerprint density at radius 3 is 2.36 bits per heavy atom. The summed E-state index contributed by atoms with van der Waals surface area (Å²) in [6, 6.07) is 20.3. The Morgan fingerprint density at radius 2 is 1.64 bits per heavy atom. The van der Waals surface area contributed by atoms with Gasteiger partial charge in [-0.3, -0.25) is 9.63 Å². The van der Waals surface area contributed by atoms with Gasteiger partial charge in [-0.15, -0.1) is 0 Å².